The number of thiocarbonyl (C=S) groups is 1. The fourth-order valence-corrected chi connectivity index (χ4v) is 2.36. The molecule has 0 fully saturated rings. The van der Waals surface area contributed by atoms with E-state index in [0.29, 0.717) is 17.6 Å². The lowest BCUT2D eigenvalue weighted by Crippen LogP contribution is -2.33. The molecule has 20 heavy (non-hydrogen) atoms. The lowest BCUT2D eigenvalue weighted by atomic mass is 10.2. The minimum Gasteiger partial charge on any atom is -0.493 e. The predicted octanol–water partition coefficient (Wildman–Crippen LogP) is 3.21. The van der Waals surface area contributed by atoms with Crippen molar-refractivity contribution in [2.75, 3.05) is 19.7 Å². The van der Waals surface area contributed by atoms with Gasteiger partial charge < -0.3 is 15.4 Å². The minimum absolute atomic E-state index is 0.385. The van der Waals surface area contributed by atoms with Crippen molar-refractivity contribution in [2.45, 2.75) is 39.7 Å². The SMILES string of the molecule is CCC(C)N(CC)CCCOc1ccccc1C(N)=S. The third-order valence-electron chi connectivity index (χ3n) is 3.62. The molecule has 0 aliphatic heterocycles. The van der Waals surface area contributed by atoms with Crippen LogP contribution in [0.4, 0.5) is 0 Å². The molecule has 1 rings (SSSR count). The van der Waals surface area contributed by atoms with Gasteiger partial charge in [-0.3, -0.25) is 0 Å². The standard InChI is InChI=1S/C16H26N2OS/c1-4-13(3)18(5-2)11-8-12-19-15-10-7-6-9-14(15)16(17)20/h6-7,9-10,13H,4-5,8,11-12H2,1-3H3,(H2,17,20). The van der Waals surface area contributed by atoms with E-state index < -0.39 is 0 Å². The van der Waals surface area contributed by atoms with Gasteiger partial charge in [0, 0.05) is 12.6 Å². The quantitative estimate of drug-likeness (QED) is 0.561. The average Bonchev–Trinajstić information content (AvgIpc) is 2.47. The monoisotopic (exact) mass is 294 g/mol. The Morgan fingerprint density at radius 2 is 2.05 bits per heavy atom. The van der Waals surface area contributed by atoms with E-state index in [1.165, 1.54) is 6.42 Å². The second-order valence-electron chi connectivity index (χ2n) is 4.95. The van der Waals surface area contributed by atoms with Crippen LogP contribution in [0.25, 0.3) is 0 Å². The van der Waals surface area contributed by atoms with E-state index in [1.807, 2.05) is 24.3 Å². The Balaban J connectivity index is 2.43. The molecule has 0 aromatic heterocycles. The van der Waals surface area contributed by atoms with Crippen molar-refractivity contribution >= 4 is 17.2 Å². The van der Waals surface area contributed by atoms with Crippen molar-refractivity contribution in [3.63, 3.8) is 0 Å². The molecule has 0 saturated carbocycles. The molecule has 0 radical (unpaired) electrons. The molecule has 0 aliphatic carbocycles. The zero-order valence-corrected chi connectivity index (χ0v) is 13.6. The van der Waals surface area contributed by atoms with Crippen LogP contribution in [0.15, 0.2) is 24.3 Å². The highest BCUT2D eigenvalue weighted by molar-refractivity contribution is 7.80. The fourth-order valence-electron chi connectivity index (χ4n) is 2.19. The smallest absolute Gasteiger partial charge is 0.129 e. The zero-order valence-electron chi connectivity index (χ0n) is 12.8. The maximum atomic E-state index is 5.81. The van der Waals surface area contributed by atoms with Crippen molar-refractivity contribution in [3.8, 4) is 5.75 Å². The first kappa shape index (κ1) is 16.9. The Hall–Kier alpha value is -1.13. The molecule has 4 heteroatoms. The average molecular weight is 294 g/mol. The van der Waals surface area contributed by atoms with Crippen LogP contribution in [0.2, 0.25) is 0 Å². The van der Waals surface area contributed by atoms with Gasteiger partial charge in [0.05, 0.1) is 12.2 Å². The van der Waals surface area contributed by atoms with Crippen LogP contribution in [0.3, 0.4) is 0 Å². The van der Waals surface area contributed by atoms with E-state index in [2.05, 4.69) is 25.7 Å². The maximum Gasteiger partial charge on any atom is 0.129 e. The molecule has 112 valence electrons. The molecule has 0 bridgehead atoms. The Kier molecular flexibility index (Phi) is 7.55. The Morgan fingerprint density at radius 1 is 1.35 bits per heavy atom. The molecule has 0 spiro atoms. The summed E-state index contributed by atoms with van der Waals surface area (Å²) in [6.07, 6.45) is 2.18. The van der Waals surface area contributed by atoms with Crippen LogP contribution in [-0.2, 0) is 0 Å². The highest BCUT2D eigenvalue weighted by Gasteiger charge is 2.10. The Bertz CT molecular complexity index is 423. The van der Waals surface area contributed by atoms with Gasteiger partial charge in [-0.1, -0.05) is 38.2 Å². The third-order valence-corrected chi connectivity index (χ3v) is 3.84. The summed E-state index contributed by atoms with van der Waals surface area (Å²) in [4.78, 5) is 2.86. The normalized spacial score (nSPS) is 12.4. The van der Waals surface area contributed by atoms with Crippen molar-refractivity contribution in [2.24, 2.45) is 5.73 Å². The summed E-state index contributed by atoms with van der Waals surface area (Å²) in [5.41, 5.74) is 6.51. The summed E-state index contributed by atoms with van der Waals surface area (Å²) in [5.74, 6) is 0.784. The highest BCUT2D eigenvalue weighted by atomic mass is 32.1. The number of nitrogens with two attached hydrogens (primary N) is 1. The van der Waals surface area contributed by atoms with Gasteiger partial charge in [-0.2, -0.15) is 0 Å². The van der Waals surface area contributed by atoms with Crippen molar-refractivity contribution in [3.05, 3.63) is 29.8 Å². The van der Waals surface area contributed by atoms with E-state index in [0.717, 1.165) is 30.8 Å². The van der Waals surface area contributed by atoms with Gasteiger partial charge in [0.25, 0.3) is 0 Å². The zero-order chi connectivity index (χ0) is 15.0. The van der Waals surface area contributed by atoms with Gasteiger partial charge >= 0.3 is 0 Å². The Morgan fingerprint density at radius 3 is 2.65 bits per heavy atom. The summed E-state index contributed by atoms with van der Waals surface area (Å²) in [6, 6.07) is 8.30. The van der Waals surface area contributed by atoms with Crippen LogP contribution in [0.1, 0.15) is 39.2 Å². The van der Waals surface area contributed by atoms with Gasteiger partial charge in [-0.25, -0.2) is 0 Å². The summed E-state index contributed by atoms with van der Waals surface area (Å²) >= 11 is 5.03. The van der Waals surface area contributed by atoms with E-state index in [9.17, 15) is 0 Å². The molecule has 1 unspecified atom stereocenters. The minimum atomic E-state index is 0.385. The molecule has 0 aliphatic rings. The van der Waals surface area contributed by atoms with Crippen LogP contribution >= 0.6 is 12.2 Å². The molecular formula is C16H26N2OS. The summed E-state index contributed by atoms with van der Waals surface area (Å²) in [6.45, 7) is 9.52. The van der Waals surface area contributed by atoms with Crippen molar-refractivity contribution in [1.82, 2.24) is 4.90 Å². The molecular weight excluding hydrogens is 268 g/mol. The predicted molar refractivity (Wildman–Crippen MR) is 89.4 cm³/mol. The number of rotatable bonds is 9. The molecule has 2 N–H and O–H groups in total. The van der Waals surface area contributed by atoms with Gasteiger partial charge in [-0.15, -0.1) is 0 Å². The van der Waals surface area contributed by atoms with Crippen LogP contribution < -0.4 is 10.5 Å². The second-order valence-corrected chi connectivity index (χ2v) is 5.39. The number of para-hydroxylation sites is 1. The van der Waals surface area contributed by atoms with E-state index >= 15 is 0 Å². The molecule has 1 atom stereocenters. The molecule has 1 aromatic carbocycles. The molecule has 0 amide bonds. The molecule has 3 nitrogen and oxygen atoms in total. The topological polar surface area (TPSA) is 38.5 Å². The van der Waals surface area contributed by atoms with Gasteiger partial charge in [0.15, 0.2) is 0 Å². The molecule has 1 aromatic rings. The molecule has 0 heterocycles. The highest BCUT2D eigenvalue weighted by Crippen LogP contribution is 2.17. The first-order valence-corrected chi connectivity index (χ1v) is 7.76. The van der Waals surface area contributed by atoms with Crippen molar-refractivity contribution in [1.29, 1.82) is 0 Å². The lowest BCUT2D eigenvalue weighted by molar-refractivity contribution is 0.193. The second kappa shape index (κ2) is 8.93. The first-order valence-electron chi connectivity index (χ1n) is 7.35. The summed E-state index contributed by atoms with van der Waals surface area (Å²) in [5, 5.41) is 0. The largest absolute Gasteiger partial charge is 0.493 e. The van der Waals surface area contributed by atoms with Crippen molar-refractivity contribution < 1.29 is 4.74 Å². The third kappa shape index (κ3) is 5.10. The summed E-state index contributed by atoms with van der Waals surface area (Å²) < 4.78 is 5.81. The fraction of sp³-hybridized carbons (Fsp3) is 0.562. The lowest BCUT2D eigenvalue weighted by Gasteiger charge is -2.26. The van der Waals surface area contributed by atoms with E-state index in [1.54, 1.807) is 0 Å². The van der Waals surface area contributed by atoms with Crippen LogP contribution in [0, 0.1) is 0 Å². The number of hydrogen-bond donors (Lipinski definition) is 1. The van der Waals surface area contributed by atoms with E-state index in [-0.39, 0.29) is 0 Å². The first-order chi connectivity index (χ1) is 9.60. The maximum absolute atomic E-state index is 5.81. The van der Waals surface area contributed by atoms with Gasteiger partial charge in [0.2, 0.25) is 0 Å². The molecule has 0 saturated heterocycles. The van der Waals surface area contributed by atoms with E-state index in [4.69, 9.17) is 22.7 Å². The van der Waals surface area contributed by atoms with Crippen LogP contribution in [0.5, 0.6) is 5.75 Å². The van der Waals surface area contributed by atoms with Gasteiger partial charge in [-0.05, 0) is 38.4 Å². The number of ether oxygens (including phenoxy) is 1. The number of hydrogen-bond acceptors (Lipinski definition) is 3. The van der Waals surface area contributed by atoms with Gasteiger partial charge in [0.1, 0.15) is 10.7 Å². The number of benzene rings is 1. The van der Waals surface area contributed by atoms with Crippen LogP contribution in [-0.4, -0.2) is 35.6 Å². The number of nitrogens with zero attached hydrogens (tertiary/aromatic N) is 1. The summed E-state index contributed by atoms with van der Waals surface area (Å²) in [7, 11) is 0. The Labute approximate surface area is 128 Å².